The van der Waals surface area contributed by atoms with Crippen LogP contribution in [0.3, 0.4) is 0 Å². The minimum Gasteiger partial charge on any atom is -0.289 e. The Morgan fingerprint density at radius 2 is 0.806 bits per heavy atom. The van der Waals surface area contributed by atoms with Gasteiger partial charge in [0.05, 0.1) is 23.5 Å². The molecule has 9 aromatic carbocycles. The lowest BCUT2D eigenvalue weighted by Crippen LogP contribution is -2.32. The van der Waals surface area contributed by atoms with Gasteiger partial charge in [-0.25, -0.2) is 18.9 Å². The second-order valence-corrected chi connectivity index (χ2v) is 29.7. The summed E-state index contributed by atoms with van der Waals surface area (Å²) in [4.78, 5) is 36.1. The molecule has 0 saturated carbocycles. The first-order valence-corrected chi connectivity index (χ1v) is 34.9. The van der Waals surface area contributed by atoms with Gasteiger partial charge in [-0.1, -0.05) is 192 Å². The van der Waals surface area contributed by atoms with Crippen molar-refractivity contribution in [3.8, 4) is 60.0 Å². The SMILES string of the molecule is [C-]#[N+]/C(C#N)=C1/C(=C/c2ccc(-c3ccc4c5c(sc4c3)-c3c(F)c4c(c(F)c3C5(c3ccc(C)cc3)c3ccc(C)cc3)-c3sc5cc(-c6ccc(/C=C7\C(=O)c8ccccc8C7=C(C#N)C#N)s6)ccc5c3C4(c3ccc(C)cc3)c3ccc(C)cc3)s2)C(=O)c2ccccc21. The van der Waals surface area contributed by atoms with Crippen molar-refractivity contribution in [1.29, 1.82) is 15.8 Å². The van der Waals surface area contributed by atoms with Crippen LogP contribution in [-0.4, -0.2) is 11.6 Å². The topological polar surface area (TPSA) is 110 Å². The van der Waals surface area contributed by atoms with Crippen molar-refractivity contribution in [3.05, 3.63) is 350 Å². The van der Waals surface area contributed by atoms with Gasteiger partial charge >= 0.3 is 0 Å². The third-order valence-electron chi connectivity index (χ3n) is 19.9. The molecule has 0 radical (unpaired) electrons. The van der Waals surface area contributed by atoms with Crippen molar-refractivity contribution in [2.45, 2.75) is 38.5 Å². The van der Waals surface area contributed by atoms with Crippen LogP contribution in [0.15, 0.2) is 229 Å². The summed E-state index contributed by atoms with van der Waals surface area (Å²) >= 11 is 5.88. The average Bonchev–Trinajstić information content (AvgIpc) is 1.48. The maximum absolute atomic E-state index is 20.5. The number of thiophene rings is 4. The lowest BCUT2D eigenvalue weighted by atomic mass is 9.64. The van der Waals surface area contributed by atoms with Gasteiger partial charge in [-0.3, -0.25) is 9.59 Å². The Morgan fingerprint density at radius 3 is 1.17 bits per heavy atom. The molecule has 13 aromatic rings. The van der Waals surface area contributed by atoms with Crippen molar-refractivity contribution in [1.82, 2.24) is 0 Å². The van der Waals surface area contributed by atoms with Crippen molar-refractivity contribution in [2.75, 3.05) is 0 Å². The lowest BCUT2D eigenvalue weighted by molar-refractivity contribution is 0.103. The van der Waals surface area contributed by atoms with Gasteiger partial charge in [0.1, 0.15) is 29.3 Å². The molecule has 98 heavy (non-hydrogen) atoms. The summed E-state index contributed by atoms with van der Waals surface area (Å²) in [5, 5.41) is 31.9. The van der Waals surface area contributed by atoms with Crippen LogP contribution in [-0.2, 0) is 10.8 Å². The second kappa shape index (κ2) is 22.5. The fourth-order valence-electron chi connectivity index (χ4n) is 15.5. The molecule has 0 N–H and O–H groups in total. The molecule has 17 rings (SSSR count). The number of allylic oxidation sites excluding steroid dienone is 6. The molecule has 4 aromatic heterocycles. The number of fused-ring (bicyclic) bond motifs is 12. The molecule has 4 aliphatic rings. The van der Waals surface area contributed by atoms with Gasteiger partial charge in [0.15, 0.2) is 11.6 Å². The van der Waals surface area contributed by atoms with Gasteiger partial charge < -0.3 is 0 Å². The highest BCUT2D eigenvalue weighted by Gasteiger charge is 2.58. The van der Waals surface area contributed by atoms with E-state index in [1.807, 2.05) is 70.2 Å². The van der Waals surface area contributed by atoms with E-state index in [-0.39, 0.29) is 50.7 Å². The zero-order chi connectivity index (χ0) is 67.2. The zero-order valence-electron chi connectivity index (χ0n) is 52.8. The number of carbonyl (C=O) groups excluding carboxylic acids is 2. The average molecular weight is 1340 g/mol. The Labute approximate surface area is 579 Å². The number of ketones is 2. The van der Waals surface area contributed by atoms with Crippen LogP contribution in [0, 0.1) is 79.9 Å². The number of benzene rings is 9. The van der Waals surface area contributed by atoms with Crippen LogP contribution in [0.25, 0.3) is 90.1 Å². The van der Waals surface area contributed by atoms with E-state index < -0.39 is 22.5 Å². The smallest absolute Gasteiger partial charge is 0.270 e. The monoisotopic (exact) mass is 1330 g/mol. The van der Waals surface area contributed by atoms with Crippen LogP contribution >= 0.6 is 45.3 Å². The summed E-state index contributed by atoms with van der Waals surface area (Å²) in [6, 6.07) is 73.6. The number of nitrogens with zero attached hydrogens (tertiary/aromatic N) is 4. The van der Waals surface area contributed by atoms with E-state index >= 15 is 8.78 Å². The molecule has 0 spiro atoms. The van der Waals surface area contributed by atoms with Crippen molar-refractivity contribution in [3.63, 3.8) is 0 Å². The maximum atomic E-state index is 20.5. The Hall–Kier alpha value is -11.6. The summed E-state index contributed by atoms with van der Waals surface area (Å²) < 4.78 is 42.8. The molecule has 462 valence electrons. The van der Waals surface area contributed by atoms with Crippen molar-refractivity contribution < 1.29 is 18.4 Å². The molecule has 12 heteroatoms. The fraction of sp³-hybridized carbons (Fsp3) is 0.0698. The Kier molecular flexibility index (Phi) is 13.8. The predicted molar refractivity (Wildman–Crippen MR) is 392 cm³/mol. The summed E-state index contributed by atoms with van der Waals surface area (Å²) in [6.45, 7) is 16.0. The molecule has 0 fully saturated rings. The minimum absolute atomic E-state index is 0.133. The molecular formula is C86H48F2N4O2S4. The maximum Gasteiger partial charge on any atom is 0.270 e. The number of nitriles is 3. The van der Waals surface area contributed by atoms with Gasteiger partial charge in [-0.2, -0.15) is 10.5 Å². The van der Waals surface area contributed by atoms with E-state index in [1.54, 1.807) is 60.7 Å². The quantitative estimate of drug-likeness (QED) is 0.0855. The van der Waals surface area contributed by atoms with Crippen LogP contribution in [0.1, 0.15) is 108 Å². The van der Waals surface area contributed by atoms with E-state index in [0.717, 1.165) is 106 Å². The first-order valence-electron chi connectivity index (χ1n) is 31.7. The number of hydrogen-bond acceptors (Lipinski definition) is 9. The van der Waals surface area contributed by atoms with Gasteiger partial charge in [0.25, 0.3) is 5.70 Å². The number of aryl methyl sites for hydroxylation is 4. The number of rotatable bonds is 8. The molecule has 0 bridgehead atoms. The van der Waals surface area contributed by atoms with Crippen LogP contribution in [0.5, 0.6) is 0 Å². The molecule has 4 aliphatic carbocycles. The third-order valence-corrected chi connectivity index (χ3v) is 24.4. The highest BCUT2D eigenvalue weighted by Crippen LogP contribution is 2.69. The van der Waals surface area contributed by atoms with Gasteiger partial charge in [-0.05, 0) is 143 Å². The van der Waals surface area contributed by atoms with E-state index in [9.17, 15) is 25.4 Å². The molecule has 0 atom stereocenters. The number of hydrogen-bond donors (Lipinski definition) is 0. The first-order chi connectivity index (χ1) is 47.7. The molecule has 0 amide bonds. The summed E-state index contributed by atoms with van der Waals surface area (Å²) in [7, 11) is 0. The number of Topliss-reactive ketones (excluding diaryl/α,β-unsaturated/α-hetero) is 2. The van der Waals surface area contributed by atoms with Crippen LogP contribution in [0.2, 0.25) is 0 Å². The van der Waals surface area contributed by atoms with E-state index in [1.165, 1.54) is 45.3 Å². The summed E-state index contributed by atoms with van der Waals surface area (Å²) in [6.07, 6.45) is 3.53. The highest BCUT2D eigenvalue weighted by molar-refractivity contribution is 7.23. The molecular weight excluding hydrogens is 1290 g/mol. The third kappa shape index (κ3) is 8.53. The van der Waals surface area contributed by atoms with E-state index in [0.29, 0.717) is 48.7 Å². The van der Waals surface area contributed by atoms with E-state index in [2.05, 4.69) is 138 Å². The van der Waals surface area contributed by atoms with Crippen molar-refractivity contribution >= 4 is 100 Å². The lowest BCUT2D eigenvalue weighted by Gasteiger charge is -2.36. The molecule has 4 heterocycles. The van der Waals surface area contributed by atoms with Gasteiger partial charge in [0.2, 0.25) is 0 Å². The summed E-state index contributed by atoms with van der Waals surface area (Å²) in [5.41, 5.74) is 11.7. The van der Waals surface area contributed by atoms with Crippen LogP contribution < -0.4 is 0 Å². The first kappa shape index (κ1) is 60.1. The fourth-order valence-corrected chi connectivity index (χ4v) is 20.1. The normalized spacial score (nSPS) is 15.6. The Morgan fingerprint density at radius 1 is 0.439 bits per heavy atom. The van der Waals surface area contributed by atoms with E-state index in [4.69, 9.17) is 6.57 Å². The predicted octanol–water partition coefficient (Wildman–Crippen LogP) is 22.3. The second-order valence-electron chi connectivity index (χ2n) is 25.3. The van der Waals surface area contributed by atoms with Crippen LogP contribution in [0.4, 0.5) is 8.78 Å². The Bertz CT molecular complexity index is 5580. The van der Waals surface area contributed by atoms with Gasteiger partial charge in [0, 0.05) is 94.3 Å². The summed E-state index contributed by atoms with van der Waals surface area (Å²) in [5.74, 6) is -1.50. The Balaban J connectivity index is 0.894. The van der Waals surface area contributed by atoms with Crippen molar-refractivity contribution in [2.24, 2.45) is 0 Å². The largest absolute Gasteiger partial charge is 0.289 e. The zero-order valence-corrected chi connectivity index (χ0v) is 56.0. The molecule has 0 unspecified atom stereocenters. The number of halogens is 2. The number of carbonyl (C=O) groups is 2. The molecule has 0 aliphatic heterocycles. The highest BCUT2D eigenvalue weighted by atomic mass is 32.1. The minimum atomic E-state index is -1.39. The van der Waals surface area contributed by atoms with Gasteiger partial charge in [-0.15, -0.1) is 45.3 Å². The molecule has 0 saturated heterocycles. The standard InChI is InChI=1S/C86H48F2N4O2S4/c1-45-14-24-52(25-15-45)85(53-26-16-46(2)17-27-53)75-62-34-22-49(67-36-32-56(95-67)40-64-71(51(42-89)43-90)58-10-6-8-12-60(58)81(64)93)38-69(62)97-83(75)73-77(85)80(88)74-78(79(73)87)86(54-28-18-47(3)19-29-54,55-30-20-48(4)21-31-55)76-63-35-23-50(39-70(63)98-84(74)76)68-37-33-57(96-68)41-65-72(66(44-91)92-5)59-11-7-9-13-61(59)82(65)94/h6-41H,1-4H3/b64-40-,65-41-,72-66+. The molecule has 6 nitrogen and oxygen atoms in total.